The molecule has 2 heteroatoms. The Labute approximate surface area is 95.4 Å². The van der Waals surface area contributed by atoms with Gasteiger partial charge in [-0.25, -0.2) is 0 Å². The van der Waals surface area contributed by atoms with Crippen molar-refractivity contribution >= 4 is 0 Å². The molecule has 0 heterocycles. The van der Waals surface area contributed by atoms with E-state index < -0.39 is 0 Å². The van der Waals surface area contributed by atoms with Gasteiger partial charge >= 0.3 is 0 Å². The Morgan fingerprint density at radius 3 is 2.53 bits per heavy atom. The maximum Gasteiger partial charge on any atom is 0.0598 e. The van der Waals surface area contributed by atoms with Crippen LogP contribution in [0.4, 0.5) is 0 Å². The highest BCUT2D eigenvalue weighted by Gasteiger charge is 2.01. The van der Waals surface area contributed by atoms with Crippen LogP contribution in [-0.4, -0.2) is 37.1 Å². The topological polar surface area (TPSA) is 15.3 Å². The van der Waals surface area contributed by atoms with Gasteiger partial charge < -0.3 is 5.32 Å². The Hall–Kier alpha value is -0.520. The largest absolute Gasteiger partial charge is 0.315 e. The third-order valence-electron chi connectivity index (χ3n) is 2.31. The van der Waals surface area contributed by atoms with Crippen molar-refractivity contribution in [3.8, 4) is 12.3 Å². The number of rotatable bonds is 9. The molecular weight excluding hydrogens is 184 g/mol. The molecular formula is C13H26N2. The highest BCUT2D eigenvalue weighted by molar-refractivity contribution is 4.87. The quantitative estimate of drug-likeness (QED) is 0.463. The average Bonchev–Trinajstić information content (AvgIpc) is 2.17. The van der Waals surface area contributed by atoms with Crippen molar-refractivity contribution in [1.82, 2.24) is 10.2 Å². The van der Waals surface area contributed by atoms with E-state index >= 15 is 0 Å². The molecule has 88 valence electrons. The summed E-state index contributed by atoms with van der Waals surface area (Å²) in [5.41, 5.74) is 0. The fraction of sp³-hybridized carbons (Fsp3) is 0.846. The molecule has 0 aromatic carbocycles. The van der Waals surface area contributed by atoms with Crippen LogP contribution in [-0.2, 0) is 0 Å². The second-order valence-corrected chi connectivity index (χ2v) is 4.30. The molecule has 1 N–H and O–H groups in total. The third kappa shape index (κ3) is 9.78. The van der Waals surface area contributed by atoms with Gasteiger partial charge in [-0.05, 0) is 38.9 Å². The number of terminal acetylenes is 1. The van der Waals surface area contributed by atoms with Gasteiger partial charge in [0.1, 0.15) is 0 Å². The fourth-order valence-corrected chi connectivity index (χ4v) is 1.57. The summed E-state index contributed by atoms with van der Waals surface area (Å²) in [4.78, 5) is 2.36. The smallest absolute Gasteiger partial charge is 0.0598 e. The van der Waals surface area contributed by atoms with Crippen molar-refractivity contribution in [2.45, 2.75) is 46.1 Å². The lowest BCUT2D eigenvalue weighted by molar-refractivity contribution is 0.299. The van der Waals surface area contributed by atoms with Gasteiger partial charge in [-0.1, -0.05) is 26.7 Å². The van der Waals surface area contributed by atoms with E-state index in [2.05, 4.69) is 36.9 Å². The van der Waals surface area contributed by atoms with Gasteiger partial charge in [-0.15, -0.1) is 6.42 Å². The summed E-state index contributed by atoms with van der Waals surface area (Å²) in [6, 6.07) is 0.599. The first-order valence-corrected chi connectivity index (χ1v) is 6.09. The number of nitrogens with zero attached hydrogens (tertiary/aromatic N) is 1. The van der Waals surface area contributed by atoms with Gasteiger partial charge in [0.2, 0.25) is 0 Å². The molecule has 0 aliphatic carbocycles. The summed E-state index contributed by atoms with van der Waals surface area (Å²) in [5.74, 6) is 2.72. The van der Waals surface area contributed by atoms with E-state index in [1.807, 2.05) is 0 Å². The van der Waals surface area contributed by atoms with Crippen LogP contribution in [0, 0.1) is 12.3 Å². The van der Waals surface area contributed by atoms with Crippen LogP contribution < -0.4 is 5.32 Å². The molecule has 0 aliphatic heterocycles. The molecule has 0 unspecified atom stereocenters. The second kappa shape index (κ2) is 10.0. The zero-order valence-electron chi connectivity index (χ0n) is 10.6. The number of hydrogen-bond acceptors (Lipinski definition) is 2. The van der Waals surface area contributed by atoms with E-state index in [0.29, 0.717) is 6.04 Å². The number of nitrogens with one attached hydrogen (secondary N) is 1. The van der Waals surface area contributed by atoms with Crippen LogP contribution in [0.3, 0.4) is 0 Å². The predicted molar refractivity (Wildman–Crippen MR) is 67.9 cm³/mol. The molecule has 2 nitrogen and oxygen atoms in total. The van der Waals surface area contributed by atoms with Gasteiger partial charge in [-0.3, -0.25) is 4.90 Å². The van der Waals surface area contributed by atoms with E-state index in [-0.39, 0.29) is 0 Å². The van der Waals surface area contributed by atoms with E-state index in [0.717, 1.165) is 26.2 Å². The minimum atomic E-state index is 0.599. The summed E-state index contributed by atoms with van der Waals surface area (Å²) in [6.45, 7) is 10.7. The summed E-state index contributed by atoms with van der Waals surface area (Å²) in [7, 11) is 0. The molecule has 0 fully saturated rings. The average molecular weight is 210 g/mol. The molecule has 15 heavy (non-hydrogen) atoms. The second-order valence-electron chi connectivity index (χ2n) is 4.30. The van der Waals surface area contributed by atoms with E-state index in [1.54, 1.807) is 0 Å². The lowest BCUT2D eigenvalue weighted by Crippen LogP contribution is -2.28. The van der Waals surface area contributed by atoms with E-state index in [1.165, 1.54) is 19.3 Å². The Kier molecular flexibility index (Phi) is 9.67. The Morgan fingerprint density at radius 2 is 2.00 bits per heavy atom. The lowest BCUT2D eigenvalue weighted by Gasteiger charge is -2.18. The summed E-state index contributed by atoms with van der Waals surface area (Å²) >= 11 is 0. The zero-order chi connectivity index (χ0) is 11.5. The predicted octanol–water partition coefficient (Wildman–Crippen LogP) is 2.11. The molecule has 0 radical (unpaired) electrons. The van der Waals surface area contributed by atoms with Crippen molar-refractivity contribution in [2.24, 2.45) is 0 Å². The zero-order valence-corrected chi connectivity index (χ0v) is 10.6. The minimum Gasteiger partial charge on any atom is -0.315 e. The molecule has 0 amide bonds. The van der Waals surface area contributed by atoms with Crippen LogP contribution in [0.15, 0.2) is 0 Å². The van der Waals surface area contributed by atoms with Crippen LogP contribution >= 0.6 is 0 Å². The maximum absolute atomic E-state index is 5.33. The van der Waals surface area contributed by atoms with Gasteiger partial charge in [0.15, 0.2) is 0 Å². The van der Waals surface area contributed by atoms with Gasteiger partial charge in [-0.2, -0.15) is 0 Å². The summed E-state index contributed by atoms with van der Waals surface area (Å²) in [6.07, 6.45) is 8.99. The highest BCUT2D eigenvalue weighted by Crippen LogP contribution is 1.96. The molecule has 0 saturated heterocycles. The standard InChI is InChI=1S/C13H26N2/c1-5-10-15(11-6-2)12-8-7-9-14-13(3)4/h1,13-14H,6-12H2,2-4H3. The molecule has 0 rings (SSSR count). The summed E-state index contributed by atoms with van der Waals surface area (Å²) in [5, 5.41) is 3.42. The van der Waals surface area contributed by atoms with Crippen molar-refractivity contribution < 1.29 is 0 Å². The maximum atomic E-state index is 5.33. The molecule has 0 spiro atoms. The van der Waals surface area contributed by atoms with E-state index in [4.69, 9.17) is 6.42 Å². The number of unbranched alkanes of at least 4 members (excludes halogenated alkanes) is 1. The van der Waals surface area contributed by atoms with Crippen LogP contribution in [0.5, 0.6) is 0 Å². The van der Waals surface area contributed by atoms with Crippen LogP contribution in [0.1, 0.15) is 40.0 Å². The van der Waals surface area contributed by atoms with Crippen molar-refractivity contribution in [1.29, 1.82) is 0 Å². The first-order chi connectivity index (χ1) is 7.20. The number of hydrogen-bond donors (Lipinski definition) is 1. The van der Waals surface area contributed by atoms with Crippen molar-refractivity contribution in [3.05, 3.63) is 0 Å². The van der Waals surface area contributed by atoms with E-state index in [9.17, 15) is 0 Å². The third-order valence-corrected chi connectivity index (χ3v) is 2.31. The monoisotopic (exact) mass is 210 g/mol. The van der Waals surface area contributed by atoms with Crippen molar-refractivity contribution in [2.75, 3.05) is 26.2 Å². The minimum absolute atomic E-state index is 0.599. The SMILES string of the molecule is C#CCN(CCC)CCCCNC(C)C. The van der Waals surface area contributed by atoms with Gasteiger partial charge in [0, 0.05) is 6.04 Å². The van der Waals surface area contributed by atoms with Crippen molar-refractivity contribution in [3.63, 3.8) is 0 Å². The normalized spacial score (nSPS) is 10.9. The highest BCUT2D eigenvalue weighted by atomic mass is 15.1. The lowest BCUT2D eigenvalue weighted by atomic mass is 10.2. The molecule has 0 saturated carbocycles. The molecule has 0 aromatic rings. The fourth-order valence-electron chi connectivity index (χ4n) is 1.57. The molecule has 0 bridgehead atoms. The summed E-state index contributed by atoms with van der Waals surface area (Å²) < 4.78 is 0. The molecule has 0 aliphatic rings. The van der Waals surface area contributed by atoms with Crippen LogP contribution in [0.25, 0.3) is 0 Å². The first-order valence-electron chi connectivity index (χ1n) is 6.09. The van der Waals surface area contributed by atoms with Gasteiger partial charge in [0.05, 0.1) is 6.54 Å². The van der Waals surface area contributed by atoms with Crippen LogP contribution in [0.2, 0.25) is 0 Å². The Bertz CT molecular complexity index is 170. The van der Waals surface area contributed by atoms with Gasteiger partial charge in [0.25, 0.3) is 0 Å². The Morgan fingerprint density at radius 1 is 1.27 bits per heavy atom. The molecule has 0 atom stereocenters. The Balaban J connectivity index is 3.41. The molecule has 0 aromatic heterocycles. The first kappa shape index (κ1) is 14.5.